The first kappa shape index (κ1) is 25.7. The second-order valence-corrected chi connectivity index (χ2v) is 9.45. The van der Waals surface area contributed by atoms with E-state index in [1.807, 2.05) is 53.1 Å². The summed E-state index contributed by atoms with van der Waals surface area (Å²) in [5.74, 6) is 1.95. The Labute approximate surface area is 234 Å². The Morgan fingerprint density at radius 3 is 2.07 bits per heavy atom. The van der Waals surface area contributed by atoms with Crippen LogP contribution in [0.25, 0.3) is 11.4 Å². The zero-order valence-electron chi connectivity index (χ0n) is 22.3. The van der Waals surface area contributed by atoms with Gasteiger partial charge in [0.15, 0.2) is 5.82 Å². The van der Waals surface area contributed by atoms with Crippen LogP contribution >= 0.6 is 0 Å². The summed E-state index contributed by atoms with van der Waals surface area (Å²) >= 11 is 0. The summed E-state index contributed by atoms with van der Waals surface area (Å²) in [6, 6.07) is 21.6. The van der Waals surface area contributed by atoms with Crippen molar-refractivity contribution in [3.8, 4) is 22.9 Å². The molecule has 11 heteroatoms. The lowest BCUT2D eigenvalue weighted by Crippen LogP contribution is -2.22. The second kappa shape index (κ2) is 10.5. The van der Waals surface area contributed by atoms with Crippen molar-refractivity contribution < 1.29 is 19.4 Å². The lowest BCUT2D eigenvalue weighted by molar-refractivity contribution is 0.0697. The summed E-state index contributed by atoms with van der Waals surface area (Å²) in [5.41, 5.74) is 3.43. The Balaban J connectivity index is 1.46. The van der Waals surface area contributed by atoms with Gasteiger partial charge in [0.2, 0.25) is 0 Å². The summed E-state index contributed by atoms with van der Waals surface area (Å²) in [7, 11) is 3.22. The summed E-state index contributed by atoms with van der Waals surface area (Å²) in [4.78, 5) is 37.3. The second-order valence-electron chi connectivity index (χ2n) is 9.45. The van der Waals surface area contributed by atoms with Crippen molar-refractivity contribution in [2.75, 3.05) is 19.5 Å². The Kier molecular flexibility index (Phi) is 6.60. The molecule has 3 aromatic carbocycles. The van der Waals surface area contributed by atoms with Gasteiger partial charge in [-0.25, -0.2) is 19.6 Å². The highest BCUT2D eigenvalue weighted by molar-refractivity contribution is 6.12. The van der Waals surface area contributed by atoms with Crippen LogP contribution in [-0.2, 0) is 13.1 Å². The van der Waals surface area contributed by atoms with Crippen LogP contribution in [0, 0.1) is 0 Å². The van der Waals surface area contributed by atoms with Gasteiger partial charge >= 0.3 is 11.7 Å². The molecule has 0 unspecified atom stereocenters. The molecular formula is C30H26N6O5. The van der Waals surface area contributed by atoms with Crippen LogP contribution in [0.1, 0.15) is 27.0 Å². The zero-order chi connectivity index (χ0) is 28.5. The van der Waals surface area contributed by atoms with Gasteiger partial charge in [-0.3, -0.25) is 4.57 Å². The van der Waals surface area contributed by atoms with Gasteiger partial charge in [0.25, 0.3) is 0 Å². The molecule has 11 nitrogen and oxygen atoms in total. The number of H-pyrrole nitrogens is 1. The van der Waals surface area contributed by atoms with Crippen molar-refractivity contribution in [3.63, 3.8) is 0 Å². The van der Waals surface area contributed by atoms with Gasteiger partial charge in [0.1, 0.15) is 34.5 Å². The van der Waals surface area contributed by atoms with Crippen LogP contribution in [-0.4, -0.2) is 50.2 Å². The number of aromatic carboxylic acids is 1. The van der Waals surface area contributed by atoms with Crippen molar-refractivity contribution in [2.45, 2.75) is 13.1 Å². The number of carboxylic acid groups (broad SMARTS) is 1. The molecule has 0 fully saturated rings. The largest absolute Gasteiger partial charge is 0.497 e. The SMILES string of the molecule is COc1ccc(Cn2cnc3c2N=C(c2ccc(C(=O)O)cc2)Nc2c-3[nH]c(=O)n2Cc2ccc(OC)cc2)cc1. The van der Waals surface area contributed by atoms with E-state index in [1.54, 1.807) is 37.2 Å². The van der Waals surface area contributed by atoms with Crippen LogP contribution in [0.4, 0.5) is 11.6 Å². The lowest BCUT2D eigenvalue weighted by atomic mass is 10.1. The average Bonchev–Trinajstić information content (AvgIpc) is 3.47. The molecular weight excluding hydrogens is 524 g/mol. The Bertz CT molecular complexity index is 1810. The van der Waals surface area contributed by atoms with Crippen molar-refractivity contribution in [3.05, 3.63) is 112 Å². The predicted octanol–water partition coefficient (Wildman–Crippen LogP) is 4.36. The number of fused-ring (bicyclic) bond motifs is 3. The third-order valence-corrected chi connectivity index (χ3v) is 6.90. The summed E-state index contributed by atoms with van der Waals surface area (Å²) in [6.45, 7) is 0.766. The standard InChI is InChI=1S/C30H26N6O5/c1-40-22-11-3-18(4-12-22)15-35-17-31-24-25-28(36(30(39)32-25)16-19-5-13-23(41-2)14-6-19)34-26(33-27(24)35)20-7-9-21(10-8-20)29(37)38/h3-14,17H,15-16H2,1-2H3,(H,32,39)(H,33,34)(H,37,38). The number of ether oxygens (including phenoxy) is 2. The van der Waals surface area contributed by atoms with Crippen molar-refractivity contribution in [2.24, 2.45) is 4.99 Å². The molecule has 0 amide bonds. The normalized spacial score (nSPS) is 12.0. The van der Waals surface area contributed by atoms with Gasteiger partial charge in [0.05, 0.1) is 39.2 Å². The molecule has 206 valence electrons. The minimum Gasteiger partial charge on any atom is -0.497 e. The maximum atomic E-state index is 13.3. The average molecular weight is 551 g/mol. The number of carbonyl (C=O) groups is 1. The fourth-order valence-electron chi connectivity index (χ4n) is 4.70. The monoisotopic (exact) mass is 550 g/mol. The Morgan fingerprint density at radius 2 is 1.49 bits per heavy atom. The first-order valence-electron chi connectivity index (χ1n) is 12.8. The minimum atomic E-state index is -1.02. The van der Waals surface area contributed by atoms with E-state index in [2.05, 4.69) is 15.3 Å². The summed E-state index contributed by atoms with van der Waals surface area (Å²) in [5, 5.41) is 12.7. The molecule has 3 heterocycles. The fraction of sp³-hybridized carbons (Fsp3) is 0.133. The number of anilines is 1. The van der Waals surface area contributed by atoms with E-state index in [9.17, 15) is 14.7 Å². The Morgan fingerprint density at radius 1 is 0.878 bits per heavy atom. The van der Waals surface area contributed by atoms with E-state index in [0.29, 0.717) is 41.0 Å². The molecule has 1 aliphatic rings. The van der Waals surface area contributed by atoms with E-state index in [4.69, 9.17) is 14.5 Å². The number of aliphatic imine (C=N–C) groups is 1. The topological polar surface area (TPSA) is 136 Å². The first-order chi connectivity index (χ1) is 19.9. The fourth-order valence-corrected chi connectivity index (χ4v) is 4.70. The quantitative estimate of drug-likeness (QED) is 0.261. The van der Waals surface area contributed by atoms with Gasteiger partial charge < -0.3 is 29.4 Å². The number of amidine groups is 1. The van der Waals surface area contributed by atoms with Crippen LogP contribution in [0.5, 0.6) is 11.5 Å². The van der Waals surface area contributed by atoms with Crippen LogP contribution in [0.2, 0.25) is 0 Å². The summed E-state index contributed by atoms with van der Waals surface area (Å²) < 4.78 is 14.0. The van der Waals surface area contributed by atoms with Gasteiger partial charge in [-0.15, -0.1) is 0 Å². The van der Waals surface area contributed by atoms with E-state index in [-0.39, 0.29) is 17.8 Å². The van der Waals surface area contributed by atoms with E-state index >= 15 is 0 Å². The van der Waals surface area contributed by atoms with E-state index in [0.717, 1.165) is 22.6 Å². The molecule has 2 aromatic heterocycles. The highest BCUT2D eigenvalue weighted by Gasteiger charge is 2.27. The number of rotatable bonds is 8. The zero-order valence-corrected chi connectivity index (χ0v) is 22.3. The maximum absolute atomic E-state index is 13.3. The highest BCUT2D eigenvalue weighted by atomic mass is 16.5. The van der Waals surface area contributed by atoms with Gasteiger partial charge in [-0.2, -0.15) is 0 Å². The highest BCUT2D eigenvalue weighted by Crippen LogP contribution is 2.36. The van der Waals surface area contributed by atoms with E-state index < -0.39 is 5.97 Å². The predicted molar refractivity (Wildman–Crippen MR) is 154 cm³/mol. The number of benzene rings is 3. The van der Waals surface area contributed by atoms with Gasteiger partial charge in [-0.1, -0.05) is 36.4 Å². The number of aromatic amines is 1. The maximum Gasteiger partial charge on any atom is 0.335 e. The molecule has 41 heavy (non-hydrogen) atoms. The number of aromatic nitrogens is 4. The third kappa shape index (κ3) is 4.96. The summed E-state index contributed by atoms with van der Waals surface area (Å²) in [6.07, 6.45) is 1.69. The minimum absolute atomic E-state index is 0.159. The molecule has 0 spiro atoms. The van der Waals surface area contributed by atoms with Gasteiger partial charge in [0, 0.05) is 5.56 Å². The number of carboxylic acids is 1. The van der Waals surface area contributed by atoms with Gasteiger partial charge in [-0.05, 0) is 47.5 Å². The molecule has 3 N–H and O–H groups in total. The van der Waals surface area contributed by atoms with Crippen LogP contribution in [0.15, 0.2) is 88.9 Å². The van der Waals surface area contributed by atoms with Crippen molar-refractivity contribution >= 4 is 23.4 Å². The Hall–Kier alpha value is -5.58. The number of hydrogen-bond acceptors (Lipinski definition) is 7. The van der Waals surface area contributed by atoms with Crippen molar-refractivity contribution in [1.82, 2.24) is 19.1 Å². The number of hydrogen-bond donors (Lipinski definition) is 3. The third-order valence-electron chi connectivity index (χ3n) is 6.90. The first-order valence-corrected chi connectivity index (χ1v) is 12.8. The number of methoxy groups -OCH3 is 2. The molecule has 0 atom stereocenters. The number of nitrogens with zero attached hydrogens (tertiary/aromatic N) is 4. The molecule has 0 bridgehead atoms. The number of nitrogens with one attached hydrogen (secondary N) is 2. The molecule has 0 radical (unpaired) electrons. The van der Waals surface area contributed by atoms with Crippen LogP contribution < -0.4 is 20.5 Å². The molecule has 6 rings (SSSR count). The molecule has 1 aliphatic heterocycles. The lowest BCUT2D eigenvalue weighted by Gasteiger charge is -2.13. The molecule has 0 saturated carbocycles. The smallest absolute Gasteiger partial charge is 0.335 e. The molecule has 0 aliphatic carbocycles. The van der Waals surface area contributed by atoms with Crippen molar-refractivity contribution in [1.29, 1.82) is 0 Å². The van der Waals surface area contributed by atoms with E-state index in [1.165, 1.54) is 12.1 Å². The van der Waals surface area contributed by atoms with Crippen LogP contribution in [0.3, 0.4) is 0 Å². The molecule has 0 saturated heterocycles. The molecule has 5 aromatic rings. The number of imidazole rings is 2.